The number of ketones is 3. The van der Waals surface area contributed by atoms with Gasteiger partial charge < -0.3 is 9.84 Å². The lowest BCUT2D eigenvalue weighted by molar-refractivity contribution is 0.0585. The van der Waals surface area contributed by atoms with Crippen molar-refractivity contribution in [2.45, 2.75) is 18.0 Å². The first kappa shape index (κ1) is 25.4. The van der Waals surface area contributed by atoms with Crippen molar-refractivity contribution >= 4 is 39.5 Å². The number of rotatable bonds is 4. The molecule has 2 aliphatic heterocycles. The van der Waals surface area contributed by atoms with E-state index in [0.717, 1.165) is 11.1 Å². The van der Waals surface area contributed by atoms with E-state index in [1.807, 2.05) is 24.3 Å². The fourth-order valence-electron chi connectivity index (χ4n) is 6.82. The van der Waals surface area contributed by atoms with Crippen LogP contribution in [0.1, 0.15) is 59.7 Å². The number of phenolic OH excluding ortho intramolecular Hbond substituents is 1. The van der Waals surface area contributed by atoms with Crippen LogP contribution in [0.3, 0.4) is 0 Å². The Hall–Kier alpha value is -4.56. The van der Waals surface area contributed by atoms with Crippen molar-refractivity contribution in [3.63, 3.8) is 0 Å². The van der Waals surface area contributed by atoms with E-state index in [9.17, 15) is 19.5 Å². The molecule has 2 heterocycles. The Morgan fingerprint density at radius 2 is 1.56 bits per heavy atom. The summed E-state index contributed by atoms with van der Waals surface area (Å²) in [5.74, 6) is -1.67. The van der Waals surface area contributed by atoms with Gasteiger partial charge in [-0.3, -0.25) is 19.4 Å². The van der Waals surface area contributed by atoms with Crippen LogP contribution in [0.25, 0.3) is 0 Å². The summed E-state index contributed by atoms with van der Waals surface area (Å²) in [6.45, 7) is 0. The molecule has 1 saturated heterocycles. The number of hydrogen-bond donors (Lipinski definition) is 1. The first-order valence-corrected chi connectivity index (χ1v) is 13.9. The molecule has 0 bridgehead atoms. The average Bonchev–Trinajstić information content (AvgIpc) is 3.44. The fourth-order valence-corrected chi connectivity index (χ4v) is 7.20. The Morgan fingerprint density at radius 3 is 2.24 bits per heavy atom. The zero-order valence-electron chi connectivity index (χ0n) is 21.8. The molecule has 202 valence electrons. The van der Waals surface area contributed by atoms with Crippen LogP contribution >= 0.6 is 15.9 Å². The lowest BCUT2D eigenvalue weighted by Crippen LogP contribution is -2.43. The van der Waals surface area contributed by atoms with Gasteiger partial charge in [0, 0.05) is 32.6 Å². The molecule has 4 aromatic rings. The molecule has 1 fully saturated rings. The topological polar surface area (TPSA) is 96.3 Å². The van der Waals surface area contributed by atoms with Crippen LogP contribution in [-0.2, 0) is 0 Å². The molecule has 0 aromatic heterocycles. The third-order valence-electron chi connectivity index (χ3n) is 8.54. The van der Waals surface area contributed by atoms with Gasteiger partial charge in [-0.25, -0.2) is 0 Å². The number of hydrogen-bond acceptors (Lipinski definition) is 7. The standard InChI is InChI=1S/C33H23BrN2O5/c1-41-21-13-10-18(11-14-21)29(38)28-27(25-16-20(34)12-15-26(25)37)33(31(39)23-8-4-5-9-24(23)32(33)40)30-22-7-3-2-6-19(22)17-35-36(28)30/h2-17,27-28,30,37H,1H3. The van der Waals surface area contributed by atoms with Crippen molar-refractivity contribution in [1.29, 1.82) is 0 Å². The minimum Gasteiger partial charge on any atom is -0.508 e. The van der Waals surface area contributed by atoms with E-state index in [1.165, 1.54) is 6.07 Å². The van der Waals surface area contributed by atoms with Crippen LogP contribution < -0.4 is 4.74 Å². The molecule has 3 aliphatic rings. The van der Waals surface area contributed by atoms with Crippen molar-refractivity contribution in [2.75, 3.05) is 7.11 Å². The summed E-state index contributed by atoms with van der Waals surface area (Å²) in [5, 5.41) is 17.6. The lowest BCUT2D eigenvalue weighted by atomic mass is 9.62. The van der Waals surface area contributed by atoms with Crippen LogP contribution in [0.2, 0.25) is 0 Å². The summed E-state index contributed by atoms with van der Waals surface area (Å²) in [6, 6.07) is 23.9. The maximum absolute atomic E-state index is 14.7. The minimum absolute atomic E-state index is 0.112. The van der Waals surface area contributed by atoms with Gasteiger partial charge in [-0.2, -0.15) is 5.10 Å². The van der Waals surface area contributed by atoms with Crippen molar-refractivity contribution in [3.8, 4) is 11.5 Å². The Morgan fingerprint density at radius 1 is 0.902 bits per heavy atom. The molecule has 1 aliphatic carbocycles. The molecule has 0 radical (unpaired) electrons. The van der Waals surface area contributed by atoms with Gasteiger partial charge in [0.15, 0.2) is 17.3 Å². The van der Waals surface area contributed by atoms with E-state index in [4.69, 9.17) is 9.84 Å². The third-order valence-corrected chi connectivity index (χ3v) is 9.04. The minimum atomic E-state index is -1.76. The predicted molar refractivity (Wildman–Crippen MR) is 156 cm³/mol. The number of benzene rings is 4. The van der Waals surface area contributed by atoms with E-state index < -0.39 is 23.4 Å². The van der Waals surface area contributed by atoms with E-state index in [-0.39, 0.29) is 23.1 Å². The van der Waals surface area contributed by atoms with Crippen LogP contribution in [0.4, 0.5) is 0 Å². The van der Waals surface area contributed by atoms with Gasteiger partial charge in [0.05, 0.1) is 19.4 Å². The zero-order valence-corrected chi connectivity index (χ0v) is 23.4. The van der Waals surface area contributed by atoms with Crippen LogP contribution in [0.15, 0.2) is 101 Å². The average molecular weight is 607 g/mol. The Labute approximate surface area is 244 Å². The van der Waals surface area contributed by atoms with Gasteiger partial charge >= 0.3 is 0 Å². The number of phenols is 1. The second kappa shape index (κ2) is 9.24. The molecule has 1 spiro atoms. The molecule has 41 heavy (non-hydrogen) atoms. The maximum Gasteiger partial charge on any atom is 0.187 e. The molecule has 8 heteroatoms. The van der Waals surface area contributed by atoms with Crippen molar-refractivity contribution in [1.82, 2.24) is 5.01 Å². The summed E-state index contributed by atoms with van der Waals surface area (Å²) >= 11 is 3.50. The van der Waals surface area contributed by atoms with Crippen LogP contribution in [0, 0.1) is 5.41 Å². The molecule has 1 N–H and O–H groups in total. The number of nitrogens with zero attached hydrogens (tertiary/aromatic N) is 2. The van der Waals surface area contributed by atoms with Gasteiger partial charge in [0.25, 0.3) is 0 Å². The Kier molecular flexibility index (Phi) is 5.73. The highest BCUT2D eigenvalue weighted by Crippen LogP contribution is 2.65. The molecular formula is C33H23BrN2O5. The zero-order chi connectivity index (χ0) is 28.5. The highest BCUT2D eigenvalue weighted by atomic mass is 79.9. The summed E-state index contributed by atoms with van der Waals surface area (Å²) in [7, 11) is 1.54. The predicted octanol–water partition coefficient (Wildman–Crippen LogP) is 5.97. The molecule has 7 nitrogen and oxygen atoms in total. The van der Waals surface area contributed by atoms with E-state index in [0.29, 0.717) is 32.5 Å². The van der Waals surface area contributed by atoms with Crippen molar-refractivity contribution in [3.05, 3.63) is 129 Å². The summed E-state index contributed by atoms with van der Waals surface area (Å²) in [5.41, 5.74) is 1.03. The highest BCUT2D eigenvalue weighted by molar-refractivity contribution is 9.10. The molecule has 7 rings (SSSR count). The fraction of sp³-hybridized carbons (Fsp3) is 0.152. The number of carbonyl (C=O) groups is 3. The monoisotopic (exact) mass is 606 g/mol. The molecular weight excluding hydrogens is 584 g/mol. The van der Waals surface area contributed by atoms with E-state index in [1.54, 1.807) is 79.0 Å². The number of aromatic hydroxyl groups is 1. The lowest BCUT2D eigenvalue weighted by Gasteiger charge is -2.36. The normalized spacial score (nSPS) is 21.5. The SMILES string of the molecule is COc1ccc(C(=O)C2C(c3cc(Br)ccc3O)C3(C(=O)c4ccccc4C3=O)C3c4ccccc4C=NN23)cc1. The molecule has 3 unspecified atom stereocenters. The maximum atomic E-state index is 14.7. The number of carbonyl (C=O) groups excluding carboxylic acids is 3. The molecule has 3 atom stereocenters. The van der Waals surface area contributed by atoms with Crippen molar-refractivity contribution in [2.24, 2.45) is 10.5 Å². The van der Waals surface area contributed by atoms with Gasteiger partial charge in [0.2, 0.25) is 0 Å². The Bertz CT molecular complexity index is 1760. The second-order valence-corrected chi connectivity index (χ2v) is 11.4. The quantitative estimate of drug-likeness (QED) is 0.227. The van der Waals surface area contributed by atoms with Gasteiger partial charge in [-0.1, -0.05) is 64.5 Å². The number of fused-ring (bicyclic) bond motifs is 5. The summed E-state index contributed by atoms with van der Waals surface area (Å²) < 4.78 is 5.93. The number of methoxy groups -OCH3 is 1. The van der Waals surface area contributed by atoms with Crippen LogP contribution in [0.5, 0.6) is 11.5 Å². The van der Waals surface area contributed by atoms with Crippen molar-refractivity contribution < 1.29 is 24.2 Å². The van der Waals surface area contributed by atoms with Crippen LogP contribution in [-0.4, -0.2) is 46.8 Å². The first-order valence-electron chi connectivity index (χ1n) is 13.1. The summed E-state index contributed by atoms with van der Waals surface area (Å²) in [6.07, 6.45) is 1.66. The highest BCUT2D eigenvalue weighted by Gasteiger charge is 2.73. The van der Waals surface area contributed by atoms with E-state index in [2.05, 4.69) is 15.9 Å². The number of ether oxygens (including phenoxy) is 1. The van der Waals surface area contributed by atoms with Gasteiger partial charge in [-0.15, -0.1) is 0 Å². The number of Topliss-reactive ketones (excluding diaryl/α,β-unsaturated/α-hetero) is 3. The first-order chi connectivity index (χ1) is 19.9. The summed E-state index contributed by atoms with van der Waals surface area (Å²) in [4.78, 5) is 44.0. The van der Waals surface area contributed by atoms with E-state index >= 15 is 0 Å². The number of hydrazone groups is 1. The number of halogens is 1. The van der Waals surface area contributed by atoms with Gasteiger partial charge in [0.1, 0.15) is 23.0 Å². The molecule has 0 saturated carbocycles. The smallest absolute Gasteiger partial charge is 0.187 e. The second-order valence-electron chi connectivity index (χ2n) is 10.4. The Balaban J connectivity index is 1.55. The third kappa shape index (κ3) is 3.43. The largest absolute Gasteiger partial charge is 0.508 e. The molecule has 4 aromatic carbocycles. The van der Waals surface area contributed by atoms with Gasteiger partial charge in [-0.05, 0) is 53.6 Å². The molecule has 0 amide bonds.